The average Bonchev–Trinajstić information content (AvgIpc) is 3.34. The van der Waals surface area contributed by atoms with Gasteiger partial charge in [-0.3, -0.25) is 5.32 Å². The quantitative estimate of drug-likeness (QED) is 0.878. The van der Waals surface area contributed by atoms with Gasteiger partial charge in [-0.1, -0.05) is 0 Å². The molecule has 0 aromatic carbocycles. The summed E-state index contributed by atoms with van der Waals surface area (Å²) in [5, 5.41) is 2.92. The van der Waals surface area contributed by atoms with E-state index < -0.39 is 0 Å². The number of hydrogen-bond donors (Lipinski definition) is 2. The minimum Gasteiger partial charge on any atom is -0.330 e. The second kappa shape index (κ2) is 6.32. The van der Waals surface area contributed by atoms with Crippen molar-refractivity contribution in [3.63, 3.8) is 0 Å². The number of piperidine rings is 1. The Morgan fingerprint density at radius 1 is 1.33 bits per heavy atom. The zero-order chi connectivity index (χ0) is 14.8. The van der Waals surface area contributed by atoms with Gasteiger partial charge in [0.25, 0.3) is 0 Å². The van der Waals surface area contributed by atoms with Crippen molar-refractivity contribution in [2.75, 3.05) is 25.0 Å². The summed E-state index contributed by atoms with van der Waals surface area (Å²) in [6.45, 7) is 2.27. The fraction of sp³-hybridized carbons (Fsp3) is 0.600. The standard InChI is InChI=1S/C15H21BrN4O/c16-12-3-4-13(18-14(12)11-1-2-11)19-15(21)20-7-5-10(9-17)6-8-20/h3-4,10-11H,1-2,5-9,17H2,(H,18,19,21). The molecule has 0 spiro atoms. The van der Waals surface area contributed by atoms with E-state index in [9.17, 15) is 4.79 Å². The van der Waals surface area contributed by atoms with E-state index in [1.165, 1.54) is 12.8 Å². The van der Waals surface area contributed by atoms with Crippen LogP contribution in [0.25, 0.3) is 0 Å². The first-order valence-electron chi connectivity index (χ1n) is 7.60. The summed E-state index contributed by atoms with van der Waals surface area (Å²) in [6, 6.07) is 3.76. The first kappa shape index (κ1) is 14.8. The molecule has 2 amide bonds. The minimum atomic E-state index is -0.0537. The molecule has 2 heterocycles. The van der Waals surface area contributed by atoms with Gasteiger partial charge < -0.3 is 10.6 Å². The fourth-order valence-corrected chi connectivity index (χ4v) is 3.28. The first-order valence-corrected chi connectivity index (χ1v) is 8.39. The van der Waals surface area contributed by atoms with Crippen molar-refractivity contribution in [2.45, 2.75) is 31.6 Å². The molecule has 1 aliphatic carbocycles. The van der Waals surface area contributed by atoms with Gasteiger partial charge in [-0.25, -0.2) is 9.78 Å². The van der Waals surface area contributed by atoms with E-state index in [-0.39, 0.29) is 6.03 Å². The van der Waals surface area contributed by atoms with Crippen LogP contribution in [0.2, 0.25) is 0 Å². The second-order valence-corrected chi connectivity index (χ2v) is 6.79. The maximum atomic E-state index is 12.3. The largest absolute Gasteiger partial charge is 0.330 e. The number of nitrogens with zero attached hydrogens (tertiary/aromatic N) is 2. The molecule has 2 fully saturated rings. The molecule has 1 saturated carbocycles. The maximum absolute atomic E-state index is 12.3. The summed E-state index contributed by atoms with van der Waals surface area (Å²) in [5.41, 5.74) is 6.74. The second-order valence-electron chi connectivity index (χ2n) is 5.93. The van der Waals surface area contributed by atoms with E-state index in [2.05, 4.69) is 26.2 Å². The molecule has 3 N–H and O–H groups in total. The van der Waals surface area contributed by atoms with E-state index in [0.29, 0.717) is 24.2 Å². The van der Waals surface area contributed by atoms with E-state index in [1.807, 2.05) is 17.0 Å². The van der Waals surface area contributed by atoms with Crippen LogP contribution in [-0.2, 0) is 0 Å². The summed E-state index contributed by atoms with van der Waals surface area (Å²) in [5.74, 6) is 1.75. The molecule has 2 aliphatic rings. The summed E-state index contributed by atoms with van der Waals surface area (Å²) in [7, 11) is 0. The Hall–Kier alpha value is -1.14. The molecule has 21 heavy (non-hydrogen) atoms. The predicted octanol–water partition coefficient (Wildman–Crippen LogP) is 2.92. The van der Waals surface area contributed by atoms with Crippen LogP contribution in [0.4, 0.5) is 10.6 Å². The minimum absolute atomic E-state index is 0.0537. The molecule has 3 rings (SSSR count). The van der Waals surface area contributed by atoms with E-state index in [1.54, 1.807) is 0 Å². The number of hydrogen-bond acceptors (Lipinski definition) is 3. The third-order valence-corrected chi connectivity index (χ3v) is 4.98. The van der Waals surface area contributed by atoms with Crippen molar-refractivity contribution in [2.24, 2.45) is 11.7 Å². The molecule has 6 heteroatoms. The molecule has 1 aliphatic heterocycles. The molecule has 0 bridgehead atoms. The van der Waals surface area contributed by atoms with Crippen LogP contribution in [0, 0.1) is 5.92 Å². The van der Waals surface area contributed by atoms with Gasteiger partial charge in [0, 0.05) is 23.5 Å². The fourth-order valence-electron chi connectivity index (χ4n) is 2.73. The number of nitrogens with two attached hydrogens (primary N) is 1. The van der Waals surface area contributed by atoms with Gasteiger partial charge in [0.1, 0.15) is 5.82 Å². The third kappa shape index (κ3) is 3.55. The molecular formula is C15H21BrN4O. The summed E-state index contributed by atoms with van der Waals surface area (Å²) >= 11 is 3.53. The lowest BCUT2D eigenvalue weighted by atomic mass is 9.97. The van der Waals surface area contributed by atoms with Gasteiger partial charge >= 0.3 is 6.03 Å². The van der Waals surface area contributed by atoms with Crippen molar-refractivity contribution >= 4 is 27.8 Å². The van der Waals surface area contributed by atoms with E-state index in [0.717, 1.165) is 36.1 Å². The van der Waals surface area contributed by atoms with Crippen molar-refractivity contribution in [1.82, 2.24) is 9.88 Å². The molecule has 1 saturated heterocycles. The zero-order valence-corrected chi connectivity index (χ0v) is 13.6. The summed E-state index contributed by atoms with van der Waals surface area (Å²) in [6.07, 6.45) is 4.36. The molecule has 1 aromatic heterocycles. The van der Waals surface area contributed by atoms with Crippen LogP contribution in [0.15, 0.2) is 16.6 Å². The van der Waals surface area contributed by atoms with Crippen molar-refractivity contribution in [1.29, 1.82) is 0 Å². The highest BCUT2D eigenvalue weighted by molar-refractivity contribution is 9.10. The number of amides is 2. The zero-order valence-electron chi connectivity index (χ0n) is 12.0. The van der Waals surface area contributed by atoms with Crippen LogP contribution in [0.1, 0.15) is 37.3 Å². The SMILES string of the molecule is NCC1CCN(C(=O)Nc2ccc(Br)c(C3CC3)n2)CC1. The summed E-state index contributed by atoms with van der Waals surface area (Å²) in [4.78, 5) is 18.7. The first-order chi connectivity index (χ1) is 10.2. The Kier molecular flexibility index (Phi) is 4.45. The monoisotopic (exact) mass is 352 g/mol. The van der Waals surface area contributed by atoms with Gasteiger partial charge in [0.05, 0.1) is 5.69 Å². The Morgan fingerprint density at radius 2 is 2.05 bits per heavy atom. The molecular weight excluding hydrogens is 332 g/mol. The molecule has 0 unspecified atom stereocenters. The van der Waals surface area contributed by atoms with Crippen molar-refractivity contribution < 1.29 is 4.79 Å². The number of likely N-dealkylation sites (tertiary alicyclic amines) is 1. The van der Waals surface area contributed by atoms with Crippen LogP contribution in [0.5, 0.6) is 0 Å². The number of carbonyl (C=O) groups is 1. The molecule has 1 aromatic rings. The van der Waals surface area contributed by atoms with Crippen LogP contribution in [0.3, 0.4) is 0 Å². The van der Waals surface area contributed by atoms with Gasteiger partial charge in [-0.2, -0.15) is 0 Å². The highest BCUT2D eigenvalue weighted by atomic mass is 79.9. The Balaban J connectivity index is 1.61. The average molecular weight is 353 g/mol. The number of aromatic nitrogens is 1. The lowest BCUT2D eigenvalue weighted by molar-refractivity contribution is 0.184. The third-order valence-electron chi connectivity index (χ3n) is 4.31. The lowest BCUT2D eigenvalue weighted by Crippen LogP contribution is -2.42. The predicted molar refractivity (Wildman–Crippen MR) is 86.3 cm³/mol. The Bertz CT molecular complexity index is 524. The summed E-state index contributed by atoms with van der Waals surface area (Å²) < 4.78 is 1.03. The number of rotatable bonds is 3. The molecule has 5 nitrogen and oxygen atoms in total. The molecule has 0 atom stereocenters. The van der Waals surface area contributed by atoms with Crippen LogP contribution >= 0.6 is 15.9 Å². The number of pyridine rings is 1. The number of anilines is 1. The van der Waals surface area contributed by atoms with E-state index >= 15 is 0 Å². The topological polar surface area (TPSA) is 71.2 Å². The number of halogens is 1. The highest BCUT2D eigenvalue weighted by Crippen LogP contribution is 2.42. The lowest BCUT2D eigenvalue weighted by Gasteiger charge is -2.31. The van der Waals surface area contributed by atoms with Gasteiger partial charge in [0.15, 0.2) is 0 Å². The van der Waals surface area contributed by atoms with Crippen molar-refractivity contribution in [3.8, 4) is 0 Å². The Morgan fingerprint density at radius 3 is 2.67 bits per heavy atom. The molecule has 0 radical (unpaired) electrons. The van der Waals surface area contributed by atoms with Crippen LogP contribution in [-0.4, -0.2) is 35.5 Å². The smallest absolute Gasteiger partial charge is 0.323 e. The van der Waals surface area contributed by atoms with Gasteiger partial charge in [-0.15, -0.1) is 0 Å². The van der Waals surface area contributed by atoms with Crippen molar-refractivity contribution in [3.05, 3.63) is 22.3 Å². The maximum Gasteiger partial charge on any atom is 0.323 e. The normalized spacial score (nSPS) is 19.6. The number of nitrogens with one attached hydrogen (secondary N) is 1. The molecule has 114 valence electrons. The van der Waals surface area contributed by atoms with Crippen LogP contribution < -0.4 is 11.1 Å². The number of urea groups is 1. The van der Waals surface area contributed by atoms with Gasteiger partial charge in [-0.05, 0) is 66.2 Å². The Labute approximate surface area is 133 Å². The van der Waals surface area contributed by atoms with E-state index in [4.69, 9.17) is 5.73 Å². The number of carbonyl (C=O) groups excluding carboxylic acids is 1. The highest BCUT2D eigenvalue weighted by Gasteiger charge is 2.28. The van der Waals surface area contributed by atoms with Gasteiger partial charge in [0.2, 0.25) is 0 Å².